The van der Waals surface area contributed by atoms with E-state index in [2.05, 4.69) is 4.98 Å². The molecule has 0 bridgehead atoms. The summed E-state index contributed by atoms with van der Waals surface area (Å²) in [4.78, 5) is 2.86. The first-order valence-corrected chi connectivity index (χ1v) is 3.55. The second-order valence-electron chi connectivity index (χ2n) is 1.82. The number of hydrogen-bond donors (Lipinski definition) is 1. The summed E-state index contributed by atoms with van der Waals surface area (Å²) in [5.74, 6) is 0.825. The highest BCUT2D eigenvalue weighted by Gasteiger charge is 1.87. The highest BCUT2D eigenvalue weighted by atomic mass is 32.1. The second-order valence-corrected chi connectivity index (χ2v) is 2.26. The van der Waals surface area contributed by atoms with Crippen LogP contribution in [0.25, 0.3) is 0 Å². The fraction of sp³-hybridized carbons (Fsp3) is 0.286. The molecule has 0 fully saturated rings. The number of H-pyrrole nitrogens is 1. The maximum atomic E-state index is 5.20. The van der Waals surface area contributed by atoms with Crippen LogP contribution in [-0.2, 0) is 0 Å². The van der Waals surface area contributed by atoms with Gasteiger partial charge in [0.05, 0.1) is 6.61 Å². The Morgan fingerprint density at radius 3 is 3.10 bits per heavy atom. The molecule has 1 aromatic heterocycles. The first kappa shape index (κ1) is 7.28. The predicted octanol–water partition coefficient (Wildman–Crippen LogP) is 2.14. The van der Waals surface area contributed by atoms with Crippen molar-refractivity contribution in [2.24, 2.45) is 0 Å². The Morgan fingerprint density at radius 1 is 1.70 bits per heavy atom. The van der Waals surface area contributed by atoms with Gasteiger partial charge in [-0.3, -0.25) is 0 Å². The summed E-state index contributed by atoms with van der Waals surface area (Å²) in [5.41, 5.74) is 0. The van der Waals surface area contributed by atoms with E-state index in [-0.39, 0.29) is 0 Å². The van der Waals surface area contributed by atoms with Gasteiger partial charge in [-0.1, -0.05) is 12.2 Å². The molecule has 1 aromatic rings. The third kappa shape index (κ3) is 1.84. The lowest BCUT2D eigenvalue weighted by molar-refractivity contribution is 0.339. The average Bonchev–Trinajstić information content (AvgIpc) is 1.88. The Balaban J connectivity index is 2.85. The van der Waals surface area contributed by atoms with Gasteiger partial charge < -0.3 is 9.72 Å². The van der Waals surface area contributed by atoms with Crippen LogP contribution in [0.4, 0.5) is 0 Å². The van der Waals surface area contributed by atoms with Gasteiger partial charge in [-0.05, 0) is 13.0 Å². The standard InChI is InChI=1S/C7H9NOS/c1-2-9-6-3-4-8-7(10)5-6/h3-5H,2H2,1H3,(H,8,10). The molecule has 0 aliphatic heterocycles. The Morgan fingerprint density at radius 2 is 2.50 bits per heavy atom. The van der Waals surface area contributed by atoms with Gasteiger partial charge in [0, 0.05) is 12.3 Å². The third-order valence-corrected chi connectivity index (χ3v) is 1.29. The van der Waals surface area contributed by atoms with Gasteiger partial charge in [0.25, 0.3) is 0 Å². The molecule has 1 heterocycles. The van der Waals surface area contributed by atoms with E-state index in [1.165, 1.54) is 0 Å². The molecule has 1 N–H and O–H groups in total. The Labute approximate surface area is 64.9 Å². The van der Waals surface area contributed by atoms with E-state index < -0.39 is 0 Å². The molecule has 0 radical (unpaired) electrons. The highest BCUT2D eigenvalue weighted by molar-refractivity contribution is 7.71. The van der Waals surface area contributed by atoms with Crippen molar-refractivity contribution in [2.75, 3.05) is 6.61 Å². The molecule has 1 rings (SSSR count). The molecule has 0 saturated carbocycles. The van der Waals surface area contributed by atoms with Crippen LogP contribution >= 0.6 is 12.2 Å². The van der Waals surface area contributed by atoms with Crippen molar-refractivity contribution < 1.29 is 4.74 Å². The van der Waals surface area contributed by atoms with Crippen molar-refractivity contribution in [2.45, 2.75) is 6.92 Å². The zero-order valence-electron chi connectivity index (χ0n) is 5.76. The molecule has 3 heteroatoms. The van der Waals surface area contributed by atoms with Crippen molar-refractivity contribution in [3.05, 3.63) is 23.0 Å². The molecule has 10 heavy (non-hydrogen) atoms. The number of pyridine rings is 1. The van der Waals surface area contributed by atoms with E-state index in [4.69, 9.17) is 17.0 Å². The number of ether oxygens (including phenoxy) is 1. The fourth-order valence-corrected chi connectivity index (χ4v) is 0.866. The molecule has 0 spiro atoms. The number of rotatable bonds is 2. The molecular formula is C7H9NOS. The van der Waals surface area contributed by atoms with Gasteiger partial charge in [-0.15, -0.1) is 0 Å². The van der Waals surface area contributed by atoms with E-state index in [9.17, 15) is 0 Å². The van der Waals surface area contributed by atoms with Gasteiger partial charge in [0.1, 0.15) is 10.4 Å². The van der Waals surface area contributed by atoms with E-state index in [1.807, 2.05) is 13.0 Å². The van der Waals surface area contributed by atoms with Gasteiger partial charge in [0.2, 0.25) is 0 Å². The smallest absolute Gasteiger partial charge is 0.123 e. The van der Waals surface area contributed by atoms with Crippen LogP contribution in [0.15, 0.2) is 18.3 Å². The normalized spacial score (nSPS) is 9.30. The minimum absolute atomic E-state index is 0.679. The number of hydrogen-bond acceptors (Lipinski definition) is 2. The van der Waals surface area contributed by atoms with Gasteiger partial charge in [0.15, 0.2) is 0 Å². The number of aromatic nitrogens is 1. The first-order valence-electron chi connectivity index (χ1n) is 3.14. The highest BCUT2D eigenvalue weighted by Crippen LogP contribution is 2.07. The lowest BCUT2D eigenvalue weighted by Gasteiger charge is -1.99. The molecule has 2 nitrogen and oxygen atoms in total. The fourth-order valence-electron chi connectivity index (χ4n) is 0.681. The van der Waals surface area contributed by atoms with Crippen molar-refractivity contribution >= 4 is 12.2 Å². The average molecular weight is 155 g/mol. The molecule has 54 valence electrons. The topological polar surface area (TPSA) is 25.0 Å². The van der Waals surface area contributed by atoms with Crippen LogP contribution in [0.3, 0.4) is 0 Å². The minimum Gasteiger partial charge on any atom is -0.494 e. The van der Waals surface area contributed by atoms with Crippen LogP contribution in [-0.4, -0.2) is 11.6 Å². The molecule has 0 saturated heterocycles. The lowest BCUT2D eigenvalue weighted by atomic mass is 10.4. The van der Waals surface area contributed by atoms with E-state index >= 15 is 0 Å². The van der Waals surface area contributed by atoms with E-state index in [0.717, 1.165) is 5.75 Å². The molecule has 0 atom stereocenters. The van der Waals surface area contributed by atoms with Crippen molar-refractivity contribution in [1.82, 2.24) is 4.98 Å². The van der Waals surface area contributed by atoms with Crippen LogP contribution in [0.5, 0.6) is 5.75 Å². The summed E-state index contributed by atoms with van der Waals surface area (Å²) >= 11 is 4.88. The summed E-state index contributed by atoms with van der Waals surface area (Å²) in [6.45, 7) is 2.62. The maximum Gasteiger partial charge on any atom is 0.123 e. The van der Waals surface area contributed by atoms with Crippen molar-refractivity contribution in [3.63, 3.8) is 0 Å². The first-order chi connectivity index (χ1) is 4.83. The Bertz CT molecular complexity index is 256. The van der Waals surface area contributed by atoms with E-state index in [1.54, 1.807) is 12.3 Å². The molecular weight excluding hydrogens is 146 g/mol. The summed E-state index contributed by atoms with van der Waals surface area (Å²) in [6.07, 6.45) is 1.77. The number of aromatic amines is 1. The Hall–Kier alpha value is -0.830. The Kier molecular flexibility index (Phi) is 2.45. The lowest BCUT2D eigenvalue weighted by Crippen LogP contribution is -1.90. The molecule has 0 aliphatic carbocycles. The largest absolute Gasteiger partial charge is 0.494 e. The van der Waals surface area contributed by atoms with E-state index in [0.29, 0.717) is 11.2 Å². The molecule has 0 aromatic carbocycles. The summed E-state index contributed by atoms with van der Waals surface area (Å²) in [5, 5.41) is 0. The zero-order valence-corrected chi connectivity index (χ0v) is 6.57. The summed E-state index contributed by atoms with van der Waals surface area (Å²) in [7, 11) is 0. The summed E-state index contributed by atoms with van der Waals surface area (Å²) < 4.78 is 5.90. The van der Waals surface area contributed by atoms with Crippen LogP contribution in [0, 0.1) is 4.64 Å². The second kappa shape index (κ2) is 3.37. The van der Waals surface area contributed by atoms with Crippen molar-refractivity contribution in [1.29, 1.82) is 0 Å². The number of nitrogens with one attached hydrogen (secondary N) is 1. The molecule has 0 aliphatic rings. The monoisotopic (exact) mass is 155 g/mol. The zero-order chi connectivity index (χ0) is 7.40. The van der Waals surface area contributed by atoms with Crippen LogP contribution in [0.1, 0.15) is 6.92 Å². The summed E-state index contributed by atoms with van der Waals surface area (Å²) in [6, 6.07) is 3.64. The van der Waals surface area contributed by atoms with Gasteiger partial charge in [-0.25, -0.2) is 0 Å². The van der Waals surface area contributed by atoms with Crippen LogP contribution in [0.2, 0.25) is 0 Å². The molecule has 0 unspecified atom stereocenters. The van der Waals surface area contributed by atoms with Gasteiger partial charge in [-0.2, -0.15) is 0 Å². The quantitative estimate of drug-likeness (QED) is 0.662. The maximum absolute atomic E-state index is 5.20. The molecule has 0 amide bonds. The predicted molar refractivity (Wildman–Crippen MR) is 42.8 cm³/mol. The third-order valence-electron chi connectivity index (χ3n) is 1.06. The minimum atomic E-state index is 0.679. The van der Waals surface area contributed by atoms with Crippen molar-refractivity contribution in [3.8, 4) is 5.75 Å². The van der Waals surface area contributed by atoms with Crippen LogP contribution < -0.4 is 4.74 Å². The SMILES string of the molecule is CCOc1cc[nH]c(=S)c1. The van der Waals surface area contributed by atoms with Gasteiger partial charge >= 0.3 is 0 Å².